The van der Waals surface area contributed by atoms with E-state index in [1.807, 2.05) is 18.2 Å². The van der Waals surface area contributed by atoms with Gasteiger partial charge in [-0.05, 0) is 365 Å². The van der Waals surface area contributed by atoms with Crippen molar-refractivity contribution in [3.63, 3.8) is 0 Å². The van der Waals surface area contributed by atoms with Crippen LogP contribution >= 0.6 is 0 Å². The summed E-state index contributed by atoms with van der Waals surface area (Å²) in [4.78, 5) is 0. The fourth-order valence-corrected chi connectivity index (χ4v) is 23.8. The highest BCUT2D eigenvalue weighted by Gasteiger charge is 2.35. The topological polar surface area (TPSA) is 73.8 Å². The van der Waals surface area contributed by atoms with Gasteiger partial charge in [-0.2, -0.15) is 0 Å². The molecule has 0 N–H and O–H groups in total. The van der Waals surface area contributed by atoms with Gasteiger partial charge in [0.25, 0.3) is 0 Å². The van der Waals surface area contributed by atoms with Crippen LogP contribution in [-0.4, -0.2) is 40.0 Å². The molecule has 16 aromatic carbocycles. The highest BCUT2D eigenvalue weighted by Crippen LogP contribution is 2.55. The second-order valence-electron chi connectivity index (χ2n) is 47.4. The summed E-state index contributed by atoms with van der Waals surface area (Å²) in [5.41, 5.74) is 38.3. The van der Waals surface area contributed by atoms with Gasteiger partial charge in [0.2, 0.25) is 13.6 Å². The Morgan fingerprint density at radius 2 is 0.603 bits per heavy atom. The largest absolute Gasteiger partial charge is 0.486 e. The van der Waals surface area contributed by atoms with Crippen LogP contribution in [-0.2, 0) is 89.9 Å². The van der Waals surface area contributed by atoms with Gasteiger partial charge in [-0.1, -0.05) is 366 Å². The van der Waals surface area contributed by atoms with Crippen molar-refractivity contribution < 1.29 is 37.9 Å². The SMILES string of the molecule is CC(C)(C)Cc1ccc2c(c1-c1c3c(cc4c1OCCO4)CCCC3)CCCC2.CC(C)(C)Cc1ccc2c(c1-c1cccc3c1CCCC3)CCCC2.CC(C)(C)Cc1ccc2ccccc2c1-c1c2c(cc3ccccc13)OCCO2.CC(C)(C)Cc1ccc2ccccc2c1-c1cccc2ccccc12.CC(C)Cc1ccc2c(c1-c1cccc3c1OCO3)OCO2.CC(C)Cc1ccccc1-c1ccccc1. The van der Waals surface area contributed by atoms with E-state index in [1.54, 1.807) is 50.1 Å². The Labute approximate surface area is 870 Å². The lowest BCUT2D eigenvalue weighted by molar-refractivity contribution is 0.172. The zero-order valence-electron chi connectivity index (χ0n) is 89.8. The second-order valence-corrected chi connectivity index (χ2v) is 47.4. The van der Waals surface area contributed by atoms with Gasteiger partial charge in [-0.15, -0.1) is 0 Å². The molecule has 8 nitrogen and oxygen atoms in total. The van der Waals surface area contributed by atoms with Crippen molar-refractivity contribution in [1.82, 2.24) is 0 Å². The van der Waals surface area contributed by atoms with Crippen LogP contribution in [0.3, 0.4) is 0 Å². The molecule has 0 aromatic heterocycles. The molecule has 0 fully saturated rings. The quantitative estimate of drug-likeness (QED) is 0.107. The Hall–Kier alpha value is -13.0. The third kappa shape index (κ3) is 23.5. The second kappa shape index (κ2) is 44.7. The van der Waals surface area contributed by atoms with Crippen LogP contribution in [0.4, 0.5) is 0 Å². The highest BCUT2D eigenvalue weighted by molar-refractivity contribution is 6.11. The fourth-order valence-electron chi connectivity index (χ4n) is 23.8. The summed E-state index contributed by atoms with van der Waals surface area (Å²) < 4.78 is 47.2. The first-order valence-electron chi connectivity index (χ1n) is 54.7. The molecule has 146 heavy (non-hydrogen) atoms. The molecular formula is C138H152O8. The Kier molecular flexibility index (Phi) is 31.1. The van der Waals surface area contributed by atoms with Crippen LogP contribution in [0.1, 0.15) is 240 Å². The molecule has 752 valence electrons. The fraction of sp³-hybridized carbons (Fsp3) is 0.362. The van der Waals surface area contributed by atoms with Gasteiger partial charge < -0.3 is 37.9 Å². The van der Waals surface area contributed by atoms with E-state index < -0.39 is 0 Å². The third-order valence-electron chi connectivity index (χ3n) is 29.7. The lowest BCUT2D eigenvalue weighted by Gasteiger charge is -2.32. The molecule has 0 saturated carbocycles. The smallest absolute Gasteiger partial charge is 0.231 e. The van der Waals surface area contributed by atoms with Crippen molar-refractivity contribution in [3.05, 3.63) is 357 Å². The molecule has 16 aromatic rings. The molecule has 4 aliphatic heterocycles. The molecule has 0 unspecified atom stereocenters. The molecule has 4 aliphatic carbocycles. The van der Waals surface area contributed by atoms with Crippen LogP contribution in [0.25, 0.3) is 110 Å². The first kappa shape index (κ1) is 102. The van der Waals surface area contributed by atoms with Crippen molar-refractivity contribution in [2.24, 2.45) is 33.5 Å². The van der Waals surface area contributed by atoms with Gasteiger partial charge in [0.1, 0.15) is 26.4 Å². The Balaban J connectivity index is 0.000000111. The Bertz CT molecular complexity index is 7320. The van der Waals surface area contributed by atoms with E-state index in [2.05, 4.69) is 372 Å². The molecule has 0 bridgehead atoms. The zero-order chi connectivity index (χ0) is 101. The molecule has 8 aliphatic rings. The minimum atomic E-state index is 0.180. The van der Waals surface area contributed by atoms with Crippen molar-refractivity contribution in [2.75, 3.05) is 40.0 Å². The maximum Gasteiger partial charge on any atom is 0.231 e. The van der Waals surface area contributed by atoms with Crippen LogP contribution < -0.4 is 37.9 Å². The lowest BCUT2D eigenvalue weighted by atomic mass is 9.76. The lowest BCUT2D eigenvalue weighted by Crippen LogP contribution is -2.20. The Morgan fingerprint density at radius 3 is 1.20 bits per heavy atom. The van der Waals surface area contributed by atoms with Gasteiger partial charge in [-0.25, -0.2) is 0 Å². The van der Waals surface area contributed by atoms with Crippen LogP contribution in [0.5, 0.6) is 46.0 Å². The maximum absolute atomic E-state index is 6.33. The summed E-state index contributed by atoms with van der Waals surface area (Å²) in [5, 5.41) is 10.2. The average molecular weight is 1940 g/mol. The maximum atomic E-state index is 6.33. The molecule has 4 heterocycles. The summed E-state index contributed by atoms with van der Waals surface area (Å²) >= 11 is 0. The minimum absolute atomic E-state index is 0.180. The van der Waals surface area contributed by atoms with Crippen LogP contribution in [0, 0.1) is 33.5 Å². The van der Waals surface area contributed by atoms with Gasteiger partial charge in [0, 0.05) is 22.3 Å². The van der Waals surface area contributed by atoms with Gasteiger partial charge >= 0.3 is 0 Å². The van der Waals surface area contributed by atoms with Crippen molar-refractivity contribution >= 4 is 43.1 Å². The number of para-hydroxylation sites is 1. The van der Waals surface area contributed by atoms with E-state index in [-0.39, 0.29) is 29.8 Å². The predicted octanol–water partition coefficient (Wildman–Crippen LogP) is 36.0. The number of aryl methyl sites for hydroxylation is 4. The van der Waals surface area contributed by atoms with E-state index in [4.69, 9.17) is 37.9 Å². The minimum Gasteiger partial charge on any atom is -0.486 e. The van der Waals surface area contributed by atoms with Crippen molar-refractivity contribution in [2.45, 2.75) is 252 Å². The molecule has 0 amide bonds. The van der Waals surface area contributed by atoms with Gasteiger partial charge in [-0.3, -0.25) is 0 Å². The summed E-state index contributed by atoms with van der Waals surface area (Å²) in [6.07, 6.45) is 26.9. The normalized spacial score (nSPS) is 14.7. The number of hydrogen-bond donors (Lipinski definition) is 0. The molecule has 24 rings (SSSR count). The number of ether oxygens (including phenoxy) is 8. The van der Waals surface area contributed by atoms with E-state index >= 15 is 0 Å². The summed E-state index contributed by atoms with van der Waals surface area (Å²) in [5.74, 6) is 8.13. The standard InChI is InChI=1S/C27H34O2.C27H26O2.C25H32.C25H24.C18H18O4.C16H18/c2*1-27(2,3)17-20-13-12-18-8-4-6-10-21(18)24(20)25-22-11-7-5-9-19(22)16-23-26(25)29-15-14-28-23;2*1-25(2,3)17-20-16-15-19-10-5-7-13-22(19)24(20)23-14-8-11-18-9-4-6-12-21(18)23;1-11(2)8-12-6-7-15-18(22-10-20-15)16(12)13-4-3-5-14-17(13)21-9-19-14;1-13(2)12-15-10-6-7-11-16(15)14-8-4-3-5-9-14/h12-13,16H,4-11,14-15,17H2,1-3H3;4-13,16H,14-15,17H2,1-3H3;8,11,14-16H,4-7,9-10,12-13,17H2,1-3H3;4-16H,17H2,1-3H3;3-7,11H,8-10H2,1-2H3;3-11,13H,12H2,1-2H3. The van der Waals surface area contributed by atoms with Gasteiger partial charge in [0.05, 0.1) is 0 Å². The van der Waals surface area contributed by atoms with E-state index in [9.17, 15) is 0 Å². The molecule has 0 saturated heterocycles. The average Bonchev–Trinajstić information content (AvgIpc) is 0.960. The molecule has 8 heteroatoms. The first-order chi connectivity index (χ1) is 70.6. The van der Waals surface area contributed by atoms with E-state index in [0.29, 0.717) is 43.7 Å². The highest BCUT2D eigenvalue weighted by atomic mass is 16.7. The third-order valence-corrected chi connectivity index (χ3v) is 29.7. The zero-order valence-corrected chi connectivity index (χ0v) is 89.8. The predicted molar refractivity (Wildman–Crippen MR) is 612 cm³/mol. The van der Waals surface area contributed by atoms with E-state index in [0.717, 1.165) is 94.8 Å². The monoisotopic (exact) mass is 1940 g/mol. The number of hydrogen-bond acceptors (Lipinski definition) is 8. The van der Waals surface area contributed by atoms with Gasteiger partial charge in [0.15, 0.2) is 46.0 Å². The Morgan fingerprint density at radius 1 is 0.219 bits per heavy atom. The van der Waals surface area contributed by atoms with Crippen LogP contribution in [0.15, 0.2) is 279 Å². The van der Waals surface area contributed by atoms with Crippen LogP contribution in [0.2, 0.25) is 0 Å². The number of rotatable bonds is 14. The molecule has 0 radical (unpaired) electrons. The molecule has 0 atom stereocenters. The summed E-state index contributed by atoms with van der Waals surface area (Å²) in [7, 11) is 0. The number of fused-ring (bicyclic) bond motifs is 12. The summed E-state index contributed by atoms with van der Waals surface area (Å²) in [6.45, 7) is 40.0. The van der Waals surface area contributed by atoms with Crippen molar-refractivity contribution in [3.8, 4) is 113 Å². The van der Waals surface area contributed by atoms with E-state index in [1.165, 1.54) is 230 Å². The number of benzene rings is 16. The molecule has 0 spiro atoms. The van der Waals surface area contributed by atoms with Crippen molar-refractivity contribution in [1.29, 1.82) is 0 Å². The first-order valence-corrected chi connectivity index (χ1v) is 54.7. The molecular weight excluding hydrogens is 1790 g/mol. The summed E-state index contributed by atoms with van der Waals surface area (Å²) in [6, 6.07) is 101.